The standard InChI is InChI=1S/C7H5ClO4/c8-6-4(7(10)12-11)2-1-3-5(6)9/h1-2,11H,3H2. The molecule has 0 aliphatic heterocycles. The molecule has 0 aromatic rings. The Balaban J connectivity index is 3.01. The zero-order valence-electron chi connectivity index (χ0n) is 5.91. The van der Waals surface area contributed by atoms with Crippen molar-refractivity contribution < 1.29 is 19.7 Å². The zero-order valence-corrected chi connectivity index (χ0v) is 6.67. The molecule has 0 radical (unpaired) electrons. The van der Waals surface area contributed by atoms with Gasteiger partial charge in [0.1, 0.15) is 0 Å². The molecule has 0 amide bonds. The maximum Gasteiger partial charge on any atom is 0.374 e. The highest BCUT2D eigenvalue weighted by Gasteiger charge is 2.21. The van der Waals surface area contributed by atoms with Crippen LogP contribution in [-0.2, 0) is 14.5 Å². The maximum atomic E-state index is 10.9. The largest absolute Gasteiger partial charge is 0.374 e. The van der Waals surface area contributed by atoms with E-state index in [-0.39, 0.29) is 22.8 Å². The molecule has 1 N–H and O–H groups in total. The van der Waals surface area contributed by atoms with E-state index in [1.807, 2.05) is 0 Å². The van der Waals surface area contributed by atoms with Crippen LogP contribution in [0.1, 0.15) is 6.42 Å². The smallest absolute Gasteiger partial charge is 0.295 e. The van der Waals surface area contributed by atoms with Crippen molar-refractivity contribution in [3.63, 3.8) is 0 Å². The van der Waals surface area contributed by atoms with Crippen molar-refractivity contribution in [3.8, 4) is 0 Å². The molecule has 1 aliphatic rings. The lowest BCUT2D eigenvalue weighted by molar-refractivity contribution is -0.229. The topological polar surface area (TPSA) is 63.6 Å². The van der Waals surface area contributed by atoms with Gasteiger partial charge in [-0.1, -0.05) is 17.7 Å². The van der Waals surface area contributed by atoms with Crippen LogP contribution in [0.2, 0.25) is 0 Å². The molecule has 1 rings (SSSR count). The molecule has 64 valence electrons. The van der Waals surface area contributed by atoms with Crippen LogP contribution in [0.3, 0.4) is 0 Å². The number of halogens is 1. The zero-order chi connectivity index (χ0) is 9.14. The fourth-order valence-electron chi connectivity index (χ4n) is 0.804. The van der Waals surface area contributed by atoms with Gasteiger partial charge in [-0.3, -0.25) is 9.68 Å². The number of hydrogen-bond acceptors (Lipinski definition) is 4. The Labute approximate surface area is 73.0 Å². The molecule has 0 bridgehead atoms. The first-order chi connectivity index (χ1) is 5.66. The highest BCUT2D eigenvalue weighted by atomic mass is 35.5. The van der Waals surface area contributed by atoms with E-state index in [9.17, 15) is 9.59 Å². The average Bonchev–Trinajstić information content (AvgIpc) is 2.08. The van der Waals surface area contributed by atoms with Gasteiger partial charge in [-0.2, -0.15) is 5.26 Å². The van der Waals surface area contributed by atoms with Crippen molar-refractivity contribution in [2.24, 2.45) is 0 Å². The van der Waals surface area contributed by atoms with E-state index < -0.39 is 5.97 Å². The van der Waals surface area contributed by atoms with E-state index >= 15 is 0 Å². The van der Waals surface area contributed by atoms with Crippen LogP contribution in [-0.4, -0.2) is 17.0 Å². The molecule has 0 aromatic carbocycles. The van der Waals surface area contributed by atoms with Gasteiger partial charge in [0.25, 0.3) is 0 Å². The van der Waals surface area contributed by atoms with Gasteiger partial charge in [-0.15, -0.1) is 0 Å². The molecule has 5 heteroatoms. The third-order valence-electron chi connectivity index (χ3n) is 1.37. The third-order valence-corrected chi connectivity index (χ3v) is 1.79. The number of carbonyl (C=O) groups excluding carboxylic acids is 2. The van der Waals surface area contributed by atoms with Crippen molar-refractivity contribution in [2.75, 3.05) is 0 Å². The van der Waals surface area contributed by atoms with Crippen LogP contribution < -0.4 is 0 Å². The fourth-order valence-corrected chi connectivity index (χ4v) is 1.02. The third kappa shape index (κ3) is 1.54. The van der Waals surface area contributed by atoms with E-state index in [1.165, 1.54) is 12.2 Å². The summed E-state index contributed by atoms with van der Waals surface area (Å²) in [6, 6.07) is 0. The first kappa shape index (κ1) is 8.96. The van der Waals surface area contributed by atoms with Gasteiger partial charge < -0.3 is 0 Å². The first-order valence-electron chi connectivity index (χ1n) is 3.12. The van der Waals surface area contributed by atoms with Gasteiger partial charge in [0.05, 0.1) is 10.6 Å². The predicted molar refractivity (Wildman–Crippen MR) is 40.4 cm³/mol. The summed E-state index contributed by atoms with van der Waals surface area (Å²) in [6.07, 6.45) is 2.98. The molecule has 0 atom stereocenters. The molecular formula is C7H5ClO4. The molecule has 0 aromatic heterocycles. The summed E-state index contributed by atoms with van der Waals surface area (Å²) in [6.45, 7) is 0. The molecule has 0 spiro atoms. The Morgan fingerprint density at radius 1 is 1.67 bits per heavy atom. The molecule has 0 saturated carbocycles. The van der Waals surface area contributed by atoms with E-state index in [0.717, 1.165) is 0 Å². The number of carbonyl (C=O) groups is 2. The van der Waals surface area contributed by atoms with E-state index in [1.54, 1.807) is 0 Å². The van der Waals surface area contributed by atoms with E-state index in [0.29, 0.717) is 0 Å². The monoisotopic (exact) mass is 188 g/mol. The number of allylic oxidation sites excluding steroid dienone is 2. The van der Waals surface area contributed by atoms with Crippen molar-refractivity contribution in [1.29, 1.82) is 0 Å². The number of hydrogen-bond donors (Lipinski definition) is 1. The minimum Gasteiger partial charge on any atom is -0.295 e. The molecular weight excluding hydrogens is 184 g/mol. The van der Waals surface area contributed by atoms with Crippen LogP contribution in [0.15, 0.2) is 22.8 Å². The van der Waals surface area contributed by atoms with E-state index in [2.05, 4.69) is 4.89 Å². The van der Waals surface area contributed by atoms with Crippen LogP contribution in [0, 0.1) is 0 Å². The van der Waals surface area contributed by atoms with Crippen LogP contribution in [0.4, 0.5) is 0 Å². The van der Waals surface area contributed by atoms with Crippen molar-refractivity contribution >= 4 is 23.4 Å². The summed E-state index contributed by atoms with van der Waals surface area (Å²) in [5.74, 6) is -1.39. The Morgan fingerprint density at radius 2 is 2.33 bits per heavy atom. The van der Waals surface area contributed by atoms with Gasteiger partial charge in [0.15, 0.2) is 5.78 Å². The maximum absolute atomic E-state index is 10.9. The molecule has 12 heavy (non-hydrogen) atoms. The lowest BCUT2D eigenvalue weighted by Gasteiger charge is -2.05. The summed E-state index contributed by atoms with van der Waals surface area (Å²) in [5.41, 5.74) is -0.115. The van der Waals surface area contributed by atoms with Crippen molar-refractivity contribution in [1.82, 2.24) is 0 Å². The molecule has 0 fully saturated rings. The van der Waals surface area contributed by atoms with Gasteiger partial charge in [-0.25, -0.2) is 4.79 Å². The van der Waals surface area contributed by atoms with Gasteiger partial charge in [-0.05, 0) is 6.08 Å². The Morgan fingerprint density at radius 3 is 2.92 bits per heavy atom. The van der Waals surface area contributed by atoms with Gasteiger partial charge >= 0.3 is 5.97 Å². The predicted octanol–water partition coefficient (Wildman–Crippen LogP) is 1.02. The summed E-state index contributed by atoms with van der Waals surface area (Å²) in [4.78, 5) is 25.0. The number of Topliss-reactive ketones (excluding diaryl/α,β-unsaturated/α-hetero) is 1. The van der Waals surface area contributed by atoms with Crippen molar-refractivity contribution in [3.05, 3.63) is 22.8 Å². The Hall–Kier alpha value is -1.13. The quantitative estimate of drug-likeness (QED) is 0.493. The van der Waals surface area contributed by atoms with Gasteiger partial charge in [0.2, 0.25) is 0 Å². The molecule has 4 nitrogen and oxygen atoms in total. The van der Waals surface area contributed by atoms with Gasteiger partial charge in [0, 0.05) is 6.42 Å². The summed E-state index contributed by atoms with van der Waals surface area (Å²) >= 11 is 5.47. The molecule has 1 aliphatic carbocycles. The van der Waals surface area contributed by atoms with Crippen LogP contribution in [0.5, 0.6) is 0 Å². The minimum absolute atomic E-state index is 0.115. The highest BCUT2D eigenvalue weighted by molar-refractivity contribution is 6.45. The molecule has 0 unspecified atom stereocenters. The molecule has 0 saturated heterocycles. The fraction of sp³-hybridized carbons (Fsp3) is 0.143. The van der Waals surface area contributed by atoms with E-state index in [4.69, 9.17) is 16.9 Å². The second kappa shape index (κ2) is 3.51. The van der Waals surface area contributed by atoms with Crippen LogP contribution >= 0.6 is 11.6 Å². The van der Waals surface area contributed by atoms with Crippen molar-refractivity contribution in [2.45, 2.75) is 6.42 Å². The number of ketones is 1. The summed E-state index contributed by atoms with van der Waals surface area (Å²) in [5, 5.41) is 7.81. The van der Waals surface area contributed by atoms with Crippen LogP contribution in [0.25, 0.3) is 0 Å². The lowest BCUT2D eigenvalue weighted by Crippen LogP contribution is -2.11. The molecule has 0 heterocycles. The summed E-state index contributed by atoms with van der Waals surface area (Å²) in [7, 11) is 0. The lowest BCUT2D eigenvalue weighted by atomic mass is 10.1. The first-order valence-corrected chi connectivity index (χ1v) is 3.50. The average molecular weight is 189 g/mol. The summed E-state index contributed by atoms with van der Waals surface area (Å²) < 4.78 is 0. The SMILES string of the molecule is O=C1CC=CC(C(=O)OO)=C1Cl. The Bertz CT molecular complexity index is 290. The second-order valence-electron chi connectivity index (χ2n) is 2.14. The Kier molecular flexibility index (Phi) is 2.62. The highest BCUT2D eigenvalue weighted by Crippen LogP contribution is 2.19. The second-order valence-corrected chi connectivity index (χ2v) is 2.51. The minimum atomic E-state index is -1.02. The number of rotatable bonds is 1. The normalized spacial score (nSPS) is 16.7.